The Morgan fingerprint density at radius 2 is 2.17 bits per heavy atom. The number of aromatic amines is 1. The summed E-state index contributed by atoms with van der Waals surface area (Å²) in [6.45, 7) is 2.37. The second-order valence-electron chi connectivity index (χ2n) is 5.43. The molecular weight excluding hydrogens is 315 g/mol. The lowest BCUT2D eigenvalue weighted by Gasteiger charge is -2.31. The first-order valence-corrected chi connectivity index (χ1v) is 7.06. The molecule has 3 rings (SSSR count). The van der Waals surface area contributed by atoms with Crippen LogP contribution in [-0.4, -0.2) is 33.3 Å². The van der Waals surface area contributed by atoms with Crippen LogP contribution in [0.2, 0.25) is 0 Å². The van der Waals surface area contributed by atoms with Crippen LogP contribution in [0.15, 0.2) is 15.3 Å². The van der Waals surface area contributed by atoms with Crippen LogP contribution >= 0.6 is 0 Å². The van der Waals surface area contributed by atoms with Gasteiger partial charge in [0.2, 0.25) is 11.8 Å². The Morgan fingerprint density at radius 3 is 2.83 bits per heavy atom. The van der Waals surface area contributed by atoms with Crippen molar-refractivity contribution < 1.29 is 17.6 Å². The summed E-state index contributed by atoms with van der Waals surface area (Å²) in [6, 6.07) is 0.914. The minimum Gasteiger partial charge on any atom is -0.392 e. The van der Waals surface area contributed by atoms with Crippen LogP contribution in [0.25, 0.3) is 0 Å². The van der Waals surface area contributed by atoms with Crippen molar-refractivity contribution in [1.29, 1.82) is 0 Å². The van der Waals surface area contributed by atoms with E-state index in [9.17, 15) is 18.0 Å². The molecule has 1 saturated heterocycles. The van der Waals surface area contributed by atoms with Gasteiger partial charge in [-0.15, -0.1) is 5.10 Å². The molecule has 7 nitrogen and oxygen atoms in total. The standard InChI is InChI=1S/C13H14F3N5O2/c1-7-5-9(13(14,15)16)18-11(17-7)21-4-2-3-8(6-21)10-19-20-12(22)23-10/h5,8H,2-4,6H2,1H3,(H,20,22). The van der Waals surface area contributed by atoms with E-state index in [4.69, 9.17) is 4.42 Å². The van der Waals surface area contributed by atoms with E-state index >= 15 is 0 Å². The van der Waals surface area contributed by atoms with Crippen molar-refractivity contribution in [3.63, 3.8) is 0 Å². The van der Waals surface area contributed by atoms with Crippen molar-refractivity contribution in [2.24, 2.45) is 0 Å². The van der Waals surface area contributed by atoms with Gasteiger partial charge in [-0.2, -0.15) is 13.2 Å². The summed E-state index contributed by atoms with van der Waals surface area (Å²) < 4.78 is 43.6. The molecule has 1 N–H and O–H groups in total. The van der Waals surface area contributed by atoms with E-state index in [1.807, 2.05) is 0 Å². The lowest BCUT2D eigenvalue weighted by molar-refractivity contribution is -0.141. The largest absolute Gasteiger partial charge is 0.434 e. The maximum Gasteiger partial charge on any atom is 0.434 e. The molecular formula is C13H14F3N5O2. The number of aryl methyl sites for hydroxylation is 1. The van der Waals surface area contributed by atoms with Gasteiger partial charge >= 0.3 is 11.9 Å². The predicted molar refractivity (Wildman–Crippen MR) is 73.1 cm³/mol. The van der Waals surface area contributed by atoms with Gasteiger partial charge in [-0.05, 0) is 25.8 Å². The van der Waals surface area contributed by atoms with Gasteiger partial charge in [0.25, 0.3) is 0 Å². The van der Waals surface area contributed by atoms with Crippen molar-refractivity contribution in [2.45, 2.75) is 31.9 Å². The molecule has 2 aromatic rings. The Hall–Kier alpha value is -2.39. The fourth-order valence-corrected chi connectivity index (χ4v) is 2.62. The third-order valence-electron chi connectivity index (χ3n) is 3.64. The number of rotatable bonds is 2. The molecule has 3 heterocycles. The molecule has 1 unspecified atom stereocenters. The zero-order chi connectivity index (χ0) is 16.6. The first kappa shape index (κ1) is 15.5. The van der Waals surface area contributed by atoms with E-state index in [-0.39, 0.29) is 23.5 Å². The summed E-state index contributed by atoms with van der Waals surface area (Å²) >= 11 is 0. The van der Waals surface area contributed by atoms with Gasteiger partial charge in [0.05, 0.1) is 5.92 Å². The molecule has 0 aromatic carbocycles. The minimum absolute atomic E-state index is 0.0277. The van der Waals surface area contributed by atoms with Gasteiger partial charge in [-0.3, -0.25) is 0 Å². The van der Waals surface area contributed by atoms with E-state index in [1.165, 1.54) is 6.92 Å². The molecule has 1 aliphatic rings. The van der Waals surface area contributed by atoms with E-state index in [0.717, 1.165) is 12.5 Å². The first-order chi connectivity index (χ1) is 10.8. The minimum atomic E-state index is -4.52. The monoisotopic (exact) mass is 329 g/mol. The fraction of sp³-hybridized carbons (Fsp3) is 0.538. The van der Waals surface area contributed by atoms with Crippen LogP contribution in [0.3, 0.4) is 0 Å². The van der Waals surface area contributed by atoms with Gasteiger partial charge in [0, 0.05) is 18.8 Å². The highest BCUT2D eigenvalue weighted by Crippen LogP contribution is 2.31. The van der Waals surface area contributed by atoms with Gasteiger partial charge < -0.3 is 9.32 Å². The van der Waals surface area contributed by atoms with E-state index in [2.05, 4.69) is 20.2 Å². The van der Waals surface area contributed by atoms with Gasteiger partial charge in [-0.1, -0.05) is 0 Å². The summed E-state index contributed by atoms with van der Waals surface area (Å²) in [5, 5.41) is 5.98. The zero-order valence-corrected chi connectivity index (χ0v) is 12.2. The summed E-state index contributed by atoms with van der Waals surface area (Å²) in [7, 11) is 0. The van der Waals surface area contributed by atoms with Crippen molar-refractivity contribution in [3.05, 3.63) is 33.9 Å². The van der Waals surface area contributed by atoms with Crippen LogP contribution < -0.4 is 10.7 Å². The third-order valence-corrected chi connectivity index (χ3v) is 3.64. The van der Waals surface area contributed by atoms with Crippen LogP contribution in [-0.2, 0) is 6.18 Å². The van der Waals surface area contributed by atoms with Crippen molar-refractivity contribution in [1.82, 2.24) is 20.2 Å². The number of aromatic nitrogens is 4. The molecule has 0 spiro atoms. The zero-order valence-electron chi connectivity index (χ0n) is 12.2. The highest BCUT2D eigenvalue weighted by Gasteiger charge is 2.34. The Morgan fingerprint density at radius 1 is 1.39 bits per heavy atom. The number of hydrogen-bond acceptors (Lipinski definition) is 6. The Bertz CT molecular complexity index is 755. The van der Waals surface area contributed by atoms with E-state index < -0.39 is 17.6 Å². The quantitative estimate of drug-likeness (QED) is 0.905. The molecule has 0 bridgehead atoms. The SMILES string of the molecule is Cc1cc(C(F)(F)F)nc(N2CCCC(c3n[nH]c(=O)o3)C2)n1. The molecule has 0 amide bonds. The molecule has 1 atom stereocenters. The van der Waals surface area contributed by atoms with Gasteiger partial charge in [0.15, 0.2) is 0 Å². The average molecular weight is 329 g/mol. The van der Waals surface area contributed by atoms with Gasteiger partial charge in [-0.25, -0.2) is 19.9 Å². The highest BCUT2D eigenvalue weighted by atomic mass is 19.4. The maximum atomic E-state index is 12.9. The summed E-state index contributed by atoms with van der Waals surface area (Å²) in [4.78, 5) is 20.4. The number of H-pyrrole nitrogens is 1. The molecule has 10 heteroatoms. The molecule has 1 aliphatic heterocycles. The van der Waals surface area contributed by atoms with Crippen molar-refractivity contribution in [2.75, 3.05) is 18.0 Å². The lowest BCUT2D eigenvalue weighted by atomic mass is 9.98. The van der Waals surface area contributed by atoms with Gasteiger partial charge in [0.1, 0.15) is 5.69 Å². The van der Waals surface area contributed by atoms with E-state index in [1.54, 1.807) is 4.90 Å². The van der Waals surface area contributed by atoms with Crippen LogP contribution in [0.4, 0.5) is 19.1 Å². The number of nitrogens with one attached hydrogen (secondary N) is 1. The van der Waals surface area contributed by atoms with Crippen molar-refractivity contribution >= 4 is 5.95 Å². The van der Waals surface area contributed by atoms with Crippen LogP contribution in [0.1, 0.15) is 36.0 Å². The predicted octanol–water partition coefficient (Wildman–Crippen LogP) is 1.86. The second-order valence-corrected chi connectivity index (χ2v) is 5.43. The fourth-order valence-electron chi connectivity index (χ4n) is 2.62. The number of halogens is 3. The Balaban J connectivity index is 1.86. The molecule has 0 saturated carbocycles. The summed E-state index contributed by atoms with van der Waals surface area (Å²) in [6.07, 6.45) is -3.09. The second kappa shape index (κ2) is 5.67. The number of alkyl halides is 3. The Labute approximate surface area is 128 Å². The van der Waals surface area contributed by atoms with Crippen molar-refractivity contribution in [3.8, 4) is 0 Å². The molecule has 2 aromatic heterocycles. The maximum absolute atomic E-state index is 12.9. The normalized spacial score (nSPS) is 19.1. The summed E-state index contributed by atoms with van der Waals surface area (Å²) in [5.74, 6) is -0.562. The number of nitrogens with zero attached hydrogens (tertiary/aromatic N) is 4. The summed E-state index contributed by atoms with van der Waals surface area (Å²) in [5.41, 5.74) is -0.718. The molecule has 1 fully saturated rings. The number of anilines is 1. The highest BCUT2D eigenvalue weighted by molar-refractivity contribution is 5.34. The number of hydrogen-bond donors (Lipinski definition) is 1. The molecule has 0 aliphatic carbocycles. The van der Waals surface area contributed by atoms with Crippen LogP contribution in [0.5, 0.6) is 0 Å². The smallest absolute Gasteiger partial charge is 0.392 e. The first-order valence-electron chi connectivity index (χ1n) is 7.06. The average Bonchev–Trinajstić information content (AvgIpc) is 2.92. The Kier molecular flexibility index (Phi) is 3.82. The van der Waals surface area contributed by atoms with E-state index in [0.29, 0.717) is 19.5 Å². The lowest BCUT2D eigenvalue weighted by Crippen LogP contribution is -2.36. The molecule has 0 radical (unpaired) electrons. The molecule has 124 valence electrons. The third kappa shape index (κ3) is 3.35. The topological polar surface area (TPSA) is 87.9 Å². The van der Waals surface area contributed by atoms with Crippen LogP contribution in [0, 0.1) is 6.92 Å². The molecule has 23 heavy (non-hydrogen) atoms. The number of piperidine rings is 1.